The summed E-state index contributed by atoms with van der Waals surface area (Å²) in [5.74, 6) is -0.408. The van der Waals surface area contributed by atoms with E-state index in [0.29, 0.717) is 44.9 Å². The van der Waals surface area contributed by atoms with Gasteiger partial charge in [-0.2, -0.15) is 5.26 Å². The monoisotopic (exact) mass is 385 g/mol. The lowest BCUT2D eigenvalue weighted by Crippen LogP contribution is -2.53. The predicted octanol–water partition coefficient (Wildman–Crippen LogP) is 0.552. The summed E-state index contributed by atoms with van der Waals surface area (Å²) in [5.41, 5.74) is 4.05. The Kier molecular flexibility index (Phi) is 6.47. The first-order chi connectivity index (χ1) is 13.6. The smallest absolute Gasteiger partial charge is 0.312 e. The van der Waals surface area contributed by atoms with Crippen molar-refractivity contribution < 1.29 is 14.3 Å². The molecule has 0 aromatic carbocycles. The Hall–Kier alpha value is -2.66. The lowest BCUT2D eigenvalue weighted by Gasteiger charge is -2.36. The molecule has 1 aliphatic heterocycles. The van der Waals surface area contributed by atoms with Gasteiger partial charge in [0.15, 0.2) is 0 Å². The van der Waals surface area contributed by atoms with Gasteiger partial charge in [0.2, 0.25) is 0 Å². The van der Waals surface area contributed by atoms with Crippen molar-refractivity contribution >= 4 is 17.6 Å². The van der Waals surface area contributed by atoms with Crippen LogP contribution in [0.15, 0.2) is 0 Å². The van der Waals surface area contributed by atoms with Crippen molar-refractivity contribution in [3.63, 3.8) is 0 Å². The molecule has 2 heterocycles. The van der Waals surface area contributed by atoms with E-state index < -0.39 is 11.8 Å². The molecule has 0 atom stereocenters. The van der Waals surface area contributed by atoms with Crippen molar-refractivity contribution in [2.24, 2.45) is 0 Å². The highest BCUT2D eigenvalue weighted by Crippen LogP contribution is 2.32. The Balaban J connectivity index is 1.68. The highest BCUT2D eigenvalue weighted by molar-refractivity contribution is 6.35. The van der Waals surface area contributed by atoms with Crippen molar-refractivity contribution in [2.75, 3.05) is 51.3 Å². The molecule has 0 radical (unpaired) electrons. The molecule has 1 aromatic heterocycles. The molecule has 0 bridgehead atoms. The van der Waals surface area contributed by atoms with Crippen molar-refractivity contribution in [2.45, 2.75) is 32.6 Å². The molecule has 1 saturated heterocycles. The van der Waals surface area contributed by atoms with Crippen LogP contribution in [0.3, 0.4) is 0 Å². The van der Waals surface area contributed by atoms with Gasteiger partial charge >= 0.3 is 11.8 Å². The molecule has 3 rings (SSSR count). The quantitative estimate of drug-likeness (QED) is 0.600. The number of ether oxygens (including phenoxy) is 1. The second-order valence-electron chi connectivity index (χ2n) is 7.20. The van der Waals surface area contributed by atoms with Crippen LogP contribution in [0.5, 0.6) is 0 Å². The van der Waals surface area contributed by atoms with Gasteiger partial charge in [-0.1, -0.05) is 0 Å². The Labute approximate surface area is 165 Å². The van der Waals surface area contributed by atoms with Crippen molar-refractivity contribution in [3.05, 3.63) is 22.4 Å². The predicted molar refractivity (Wildman–Crippen MR) is 104 cm³/mol. The number of carbonyl (C=O) groups excluding carboxylic acids is 2. The zero-order chi connectivity index (χ0) is 20.1. The molecule has 28 heavy (non-hydrogen) atoms. The SMILES string of the molecule is COCCNC(=O)C(=O)N1CCN(c2nc(C)c3c(c2C#N)CCCC3)CC1. The lowest BCUT2D eigenvalue weighted by molar-refractivity contribution is -0.146. The minimum atomic E-state index is -0.606. The molecule has 1 aromatic rings. The van der Waals surface area contributed by atoms with Crippen LogP contribution in [0.4, 0.5) is 5.82 Å². The number of pyridine rings is 1. The van der Waals surface area contributed by atoms with E-state index in [2.05, 4.69) is 16.3 Å². The number of amides is 2. The summed E-state index contributed by atoms with van der Waals surface area (Å²) >= 11 is 0. The van der Waals surface area contributed by atoms with Crippen LogP contribution in [0.25, 0.3) is 0 Å². The maximum absolute atomic E-state index is 12.3. The summed E-state index contributed by atoms with van der Waals surface area (Å²) in [6.07, 6.45) is 4.16. The molecule has 8 heteroatoms. The highest BCUT2D eigenvalue weighted by Gasteiger charge is 2.29. The molecule has 0 saturated carbocycles. The molecule has 2 aliphatic rings. The van der Waals surface area contributed by atoms with Gasteiger partial charge < -0.3 is 19.9 Å². The molecular formula is C20H27N5O3. The molecule has 2 amide bonds. The van der Waals surface area contributed by atoms with Crippen LogP contribution in [0, 0.1) is 18.3 Å². The van der Waals surface area contributed by atoms with E-state index in [1.54, 1.807) is 12.0 Å². The van der Waals surface area contributed by atoms with Crippen LogP contribution < -0.4 is 10.2 Å². The fourth-order valence-electron chi connectivity index (χ4n) is 3.95. The van der Waals surface area contributed by atoms with Crippen molar-refractivity contribution in [3.8, 4) is 6.07 Å². The molecule has 1 N–H and O–H groups in total. The molecule has 150 valence electrons. The van der Waals surface area contributed by atoms with E-state index in [-0.39, 0.29) is 0 Å². The van der Waals surface area contributed by atoms with E-state index in [1.807, 2.05) is 6.92 Å². The first-order valence-electron chi connectivity index (χ1n) is 9.80. The fraction of sp³-hybridized carbons (Fsp3) is 0.600. The minimum absolute atomic E-state index is 0.310. The highest BCUT2D eigenvalue weighted by atomic mass is 16.5. The van der Waals surface area contributed by atoms with E-state index in [4.69, 9.17) is 9.72 Å². The first-order valence-corrected chi connectivity index (χ1v) is 9.80. The standard InChI is InChI=1S/C20H27N5O3/c1-14-15-5-3-4-6-16(15)17(13-21)18(23-14)24-8-10-25(11-9-24)20(27)19(26)22-7-12-28-2/h3-12H2,1-2H3,(H,22,26). The van der Waals surface area contributed by atoms with Crippen LogP contribution in [-0.2, 0) is 27.2 Å². The molecule has 1 aliphatic carbocycles. The van der Waals surface area contributed by atoms with Crippen LogP contribution in [0.1, 0.15) is 35.2 Å². The second-order valence-corrected chi connectivity index (χ2v) is 7.20. The molecule has 8 nitrogen and oxygen atoms in total. The first kappa shape index (κ1) is 20.1. The number of carbonyl (C=O) groups is 2. The summed E-state index contributed by atoms with van der Waals surface area (Å²) in [7, 11) is 1.54. The summed E-state index contributed by atoms with van der Waals surface area (Å²) < 4.78 is 4.87. The number of hydrogen-bond acceptors (Lipinski definition) is 6. The number of aryl methyl sites for hydroxylation is 1. The number of aromatic nitrogens is 1. The van der Waals surface area contributed by atoms with E-state index in [0.717, 1.165) is 42.8 Å². The number of hydrogen-bond donors (Lipinski definition) is 1. The number of piperazine rings is 1. The minimum Gasteiger partial charge on any atom is -0.383 e. The number of nitrogens with one attached hydrogen (secondary N) is 1. The number of nitrogens with zero attached hydrogens (tertiary/aromatic N) is 4. The molecule has 0 unspecified atom stereocenters. The number of anilines is 1. The van der Waals surface area contributed by atoms with Crippen molar-refractivity contribution in [1.29, 1.82) is 5.26 Å². The van der Waals surface area contributed by atoms with Gasteiger partial charge in [-0.15, -0.1) is 0 Å². The Morgan fingerprint density at radius 1 is 1.18 bits per heavy atom. The average Bonchev–Trinajstić information content (AvgIpc) is 2.73. The largest absolute Gasteiger partial charge is 0.383 e. The van der Waals surface area contributed by atoms with Gasteiger partial charge in [0.1, 0.15) is 11.9 Å². The zero-order valence-corrected chi connectivity index (χ0v) is 16.6. The van der Waals surface area contributed by atoms with E-state index in [9.17, 15) is 14.9 Å². The molecular weight excluding hydrogens is 358 g/mol. The Morgan fingerprint density at radius 2 is 1.86 bits per heavy atom. The summed E-state index contributed by atoms with van der Waals surface area (Å²) in [5, 5.41) is 12.3. The van der Waals surface area contributed by atoms with Gasteiger partial charge in [0.05, 0.1) is 12.2 Å². The van der Waals surface area contributed by atoms with Crippen LogP contribution in [0.2, 0.25) is 0 Å². The van der Waals surface area contributed by atoms with Gasteiger partial charge in [-0.25, -0.2) is 4.98 Å². The lowest BCUT2D eigenvalue weighted by atomic mass is 9.88. The second kappa shape index (κ2) is 9.02. The van der Waals surface area contributed by atoms with Gasteiger partial charge in [0, 0.05) is 45.5 Å². The summed E-state index contributed by atoms with van der Waals surface area (Å²) in [6.45, 7) is 4.66. The fourth-order valence-corrected chi connectivity index (χ4v) is 3.95. The van der Waals surface area contributed by atoms with Crippen LogP contribution >= 0.6 is 0 Å². The summed E-state index contributed by atoms with van der Waals surface area (Å²) in [4.78, 5) is 32.6. The number of nitriles is 1. The van der Waals surface area contributed by atoms with Gasteiger partial charge in [-0.05, 0) is 43.7 Å². The third-order valence-corrected chi connectivity index (χ3v) is 5.47. The van der Waals surface area contributed by atoms with Gasteiger partial charge in [0.25, 0.3) is 0 Å². The zero-order valence-electron chi connectivity index (χ0n) is 16.6. The van der Waals surface area contributed by atoms with Gasteiger partial charge in [-0.3, -0.25) is 9.59 Å². The van der Waals surface area contributed by atoms with Crippen molar-refractivity contribution in [1.82, 2.24) is 15.2 Å². The maximum Gasteiger partial charge on any atom is 0.312 e. The Bertz CT molecular complexity index is 794. The Morgan fingerprint density at radius 3 is 2.50 bits per heavy atom. The van der Waals surface area contributed by atoms with E-state index >= 15 is 0 Å². The molecule has 0 spiro atoms. The third kappa shape index (κ3) is 4.09. The van der Waals surface area contributed by atoms with E-state index in [1.165, 1.54) is 5.56 Å². The molecule has 1 fully saturated rings. The number of methoxy groups -OCH3 is 1. The number of fused-ring (bicyclic) bond motifs is 1. The third-order valence-electron chi connectivity index (χ3n) is 5.47. The topological polar surface area (TPSA) is 98.6 Å². The summed E-state index contributed by atoms with van der Waals surface area (Å²) in [6, 6.07) is 2.37. The number of rotatable bonds is 4. The van der Waals surface area contributed by atoms with Crippen LogP contribution in [-0.4, -0.2) is 68.1 Å². The maximum atomic E-state index is 12.3. The average molecular weight is 385 g/mol. The normalized spacial score (nSPS) is 16.3.